The summed E-state index contributed by atoms with van der Waals surface area (Å²) < 4.78 is 15.0. The van der Waals surface area contributed by atoms with Crippen LogP contribution in [0.5, 0.6) is 0 Å². The van der Waals surface area contributed by atoms with Crippen LogP contribution in [0.4, 0.5) is 16.2 Å². The topological polar surface area (TPSA) is 53.1 Å². The molecule has 0 spiro atoms. The molecule has 5 nitrogen and oxygen atoms in total. The number of aromatic nitrogens is 2. The number of fused-ring (bicyclic) bond motifs is 1. The van der Waals surface area contributed by atoms with Gasteiger partial charge in [-0.15, -0.1) is 0 Å². The number of anilines is 2. The van der Waals surface area contributed by atoms with E-state index in [1.807, 2.05) is 49.3 Å². The summed E-state index contributed by atoms with van der Waals surface area (Å²) in [6.45, 7) is 0.575. The van der Waals surface area contributed by atoms with Crippen molar-refractivity contribution in [3.63, 3.8) is 0 Å². The van der Waals surface area contributed by atoms with Crippen LogP contribution in [0.3, 0.4) is 0 Å². The van der Waals surface area contributed by atoms with Crippen molar-refractivity contribution in [2.24, 2.45) is 0 Å². The minimum absolute atomic E-state index is 0.130. The van der Waals surface area contributed by atoms with Gasteiger partial charge in [0, 0.05) is 47.2 Å². The van der Waals surface area contributed by atoms with Crippen molar-refractivity contribution in [1.29, 1.82) is 0 Å². The van der Waals surface area contributed by atoms with Crippen molar-refractivity contribution in [3.8, 4) is 0 Å². The quantitative estimate of drug-likeness (QED) is 0.452. The molecule has 158 valence electrons. The third-order valence-corrected chi connectivity index (χ3v) is 6.33. The lowest BCUT2D eigenvalue weighted by Gasteiger charge is -2.30. The van der Waals surface area contributed by atoms with E-state index >= 15 is 0 Å². The van der Waals surface area contributed by atoms with E-state index in [1.165, 1.54) is 0 Å². The van der Waals surface area contributed by atoms with Gasteiger partial charge in [0.2, 0.25) is 5.95 Å². The Morgan fingerprint density at radius 2 is 1.77 bits per heavy atom. The Labute approximate surface area is 190 Å². The average molecular weight is 519 g/mol. The van der Waals surface area contributed by atoms with E-state index in [0.29, 0.717) is 24.6 Å². The van der Waals surface area contributed by atoms with Gasteiger partial charge in [-0.25, -0.2) is 9.37 Å². The molecular formula is C23H27FIN5. The molecule has 1 aliphatic carbocycles. The van der Waals surface area contributed by atoms with Crippen LogP contribution in [-0.4, -0.2) is 36.1 Å². The van der Waals surface area contributed by atoms with E-state index in [0.717, 1.165) is 51.5 Å². The summed E-state index contributed by atoms with van der Waals surface area (Å²) in [7, 11) is 4.01. The van der Waals surface area contributed by atoms with Crippen LogP contribution in [0.1, 0.15) is 31.2 Å². The van der Waals surface area contributed by atoms with Crippen LogP contribution in [0.2, 0.25) is 0 Å². The first-order valence-corrected chi connectivity index (χ1v) is 11.5. The second-order valence-corrected chi connectivity index (χ2v) is 9.34. The predicted octanol–water partition coefficient (Wildman–Crippen LogP) is 4.95. The zero-order valence-electron chi connectivity index (χ0n) is 17.3. The standard InChI is InChI=1S/C23H27FIN5/c1-30(2)22-19-5-3-4-6-21(19)28-23(29-22)27-18-11-9-17(10-12-18)26-14-15-7-8-16(25)13-20(15)24/h3-8,13,17-18,26H,9-12,14H2,1-2H3,(H,27,28,29). The summed E-state index contributed by atoms with van der Waals surface area (Å²) in [5, 5.41) is 8.12. The first kappa shape index (κ1) is 21.2. The third-order valence-electron chi connectivity index (χ3n) is 5.66. The lowest BCUT2D eigenvalue weighted by molar-refractivity contribution is 0.350. The zero-order chi connectivity index (χ0) is 21.1. The van der Waals surface area contributed by atoms with Gasteiger partial charge in [0.05, 0.1) is 5.52 Å². The summed E-state index contributed by atoms with van der Waals surface area (Å²) in [5.74, 6) is 1.49. The molecule has 1 heterocycles. The highest BCUT2D eigenvalue weighted by molar-refractivity contribution is 14.1. The van der Waals surface area contributed by atoms with Crippen molar-refractivity contribution in [1.82, 2.24) is 15.3 Å². The van der Waals surface area contributed by atoms with E-state index in [9.17, 15) is 4.39 Å². The Hall–Kier alpha value is -2.00. The summed E-state index contributed by atoms with van der Waals surface area (Å²) >= 11 is 2.13. The van der Waals surface area contributed by atoms with Gasteiger partial charge in [-0.1, -0.05) is 18.2 Å². The van der Waals surface area contributed by atoms with Crippen LogP contribution in [0.25, 0.3) is 10.9 Å². The molecule has 7 heteroatoms. The third kappa shape index (κ3) is 5.00. The Morgan fingerprint density at radius 1 is 1.03 bits per heavy atom. The molecule has 0 atom stereocenters. The first-order chi connectivity index (χ1) is 14.5. The Morgan fingerprint density at radius 3 is 2.50 bits per heavy atom. The highest BCUT2D eigenvalue weighted by atomic mass is 127. The Balaban J connectivity index is 1.34. The van der Waals surface area contributed by atoms with Crippen molar-refractivity contribution in [2.75, 3.05) is 24.3 Å². The molecule has 0 saturated heterocycles. The molecule has 1 fully saturated rings. The average Bonchev–Trinajstić information content (AvgIpc) is 2.73. The molecule has 30 heavy (non-hydrogen) atoms. The van der Waals surface area contributed by atoms with Gasteiger partial charge in [-0.3, -0.25) is 0 Å². The van der Waals surface area contributed by atoms with E-state index in [1.54, 1.807) is 6.07 Å². The summed E-state index contributed by atoms with van der Waals surface area (Å²) in [4.78, 5) is 11.5. The number of nitrogens with one attached hydrogen (secondary N) is 2. The van der Waals surface area contributed by atoms with Crippen LogP contribution >= 0.6 is 22.6 Å². The molecule has 0 amide bonds. The number of hydrogen-bond acceptors (Lipinski definition) is 5. The van der Waals surface area contributed by atoms with Crippen molar-refractivity contribution >= 4 is 45.3 Å². The number of hydrogen-bond donors (Lipinski definition) is 2. The molecule has 4 rings (SSSR count). The van der Waals surface area contributed by atoms with Gasteiger partial charge in [0.25, 0.3) is 0 Å². The number of benzene rings is 2. The van der Waals surface area contributed by atoms with E-state index < -0.39 is 0 Å². The number of rotatable bonds is 6. The predicted molar refractivity (Wildman–Crippen MR) is 129 cm³/mol. The normalized spacial score (nSPS) is 19.1. The number of para-hydroxylation sites is 1. The molecule has 2 N–H and O–H groups in total. The fraction of sp³-hybridized carbons (Fsp3) is 0.391. The van der Waals surface area contributed by atoms with Crippen LogP contribution in [0, 0.1) is 9.39 Å². The maximum Gasteiger partial charge on any atom is 0.225 e. The molecule has 0 radical (unpaired) electrons. The maximum absolute atomic E-state index is 14.0. The van der Waals surface area contributed by atoms with E-state index in [2.05, 4.69) is 39.3 Å². The lowest BCUT2D eigenvalue weighted by atomic mass is 9.91. The smallest absolute Gasteiger partial charge is 0.225 e. The Bertz CT molecular complexity index is 1020. The molecular weight excluding hydrogens is 492 g/mol. The second-order valence-electron chi connectivity index (χ2n) is 8.09. The monoisotopic (exact) mass is 519 g/mol. The molecule has 1 aliphatic rings. The van der Waals surface area contributed by atoms with Crippen LogP contribution < -0.4 is 15.5 Å². The second kappa shape index (κ2) is 9.43. The van der Waals surface area contributed by atoms with Gasteiger partial charge in [-0.05, 0) is 72.5 Å². The van der Waals surface area contributed by atoms with E-state index in [4.69, 9.17) is 9.97 Å². The number of nitrogens with zero attached hydrogens (tertiary/aromatic N) is 3. The maximum atomic E-state index is 14.0. The van der Waals surface area contributed by atoms with Crippen molar-refractivity contribution in [2.45, 2.75) is 44.3 Å². The molecule has 2 aromatic carbocycles. The molecule has 3 aromatic rings. The van der Waals surface area contributed by atoms with Gasteiger partial charge in [0.1, 0.15) is 11.6 Å². The number of halogens is 2. The highest BCUT2D eigenvalue weighted by Gasteiger charge is 2.22. The van der Waals surface area contributed by atoms with Gasteiger partial charge in [0.15, 0.2) is 0 Å². The fourth-order valence-corrected chi connectivity index (χ4v) is 4.46. The lowest BCUT2D eigenvalue weighted by Crippen LogP contribution is -2.37. The van der Waals surface area contributed by atoms with Gasteiger partial charge < -0.3 is 15.5 Å². The zero-order valence-corrected chi connectivity index (χ0v) is 19.5. The molecule has 0 aliphatic heterocycles. The molecule has 1 saturated carbocycles. The summed E-state index contributed by atoms with van der Waals surface area (Å²) in [6, 6.07) is 14.3. The summed E-state index contributed by atoms with van der Waals surface area (Å²) in [6.07, 6.45) is 4.19. The van der Waals surface area contributed by atoms with Gasteiger partial charge >= 0.3 is 0 Å². The minimum Gasteiger partial charge on any atom is -0.362 e. The highest BCUT2D eigenvalue weighted by Crippen LogP contribution is 2.26. The van der Waals surface area contributed by atoms with Gasteiger partial charge in [-0.2, -0.15) is 4.98 Å². The Kier molecular flexibility index (Phi) is 6.67. The van der Waals surface area contributed by atoms with Crippen molar-refractivity contribution < 1.29 is 4.39 Å². The van der Waals surface area contributed by atoms with Crippen LogP contribution in [0.15, 0.2) is 42.5 Å². The van der Waals surface area contributed by atoms with E-state index in [-0.39, 0.29) is 5.82 Å². The SMILES string of the molecule is CN(C)c1nc(NC2CCC(NCc3ccc(I)cc3F)CC2)nc2ccccc12. The summed E-state index contributed by atoms with van der Waals surface area (Å²) in [5.41, 5.74) is 1.69. The molecule has 1 aromatic heterocycles. The largest absolute Gasteiger partial charge is 0.362 e. The van der Waals surface area contributed by atoms with Crippen molar-refractivity contribution in [3.05, 3.63) is 57.4 Å². The molecule has 0 bridgehead atoms. The van der Waals surface area contributed by atoms with Crippen LogP contribution in [-0.2, 0) is 6.54 Å². The fourth-order valence-electron chi connectivity index (χ4n) is 4.01. The molecule has 0 unspecified atom stereocenters. The first-order valence-electron chi connectivity index (χ1n) is 10.4. The minimum atomic E-state index is -0.130.